The number of alkyl halides is 2. The molecule has 0 N–H and O–H groups in total. The minimum absolute atomic E-state index is 0.245. The molecule has 0 aliphatic rings. The third-order valence-corrected chi connectivity index (χ3v) is 7.04. The molecule has 4 aromatic carbocycles. The van der Waals surface area contributed by atoms with Crippen molar-refractivity contribution >= 4 is 43.6 Å². The third-order valence-electron chi connectivity index (χ3n) is 5.49. The van der Waals surface area contributed by atoms with Crippen LogP contribution in [0.3, 0.4) is 0 Å². The maximum absolute atomic E-state index is 13.5. The van der Waals surface area contributed by atoms with Crippen LogP contribution in [-0.2, 0) is 9.53 Å². The number of Topliss-reactive ketones (excluding diaryl/α,β-unsaturated/α-hetero) is 1. The third kappa shape index (κ3) is 5.37. The highest BCUT2D eigenvalue weighted by atomic mass is 79.9. The Hall–Kier alpha value is -3.02. The molecule has 0 fully saturated rings. The number of ether oxygens (including phenoxy) is 1. The predicted molar refractivity (Wildman–Crippen MR) is 143 cm³/mol. The van der Waals surface area contributed by atoms with Crippen molar-refractivity contribution in [3.63, 3.8) is 0 Å². The van der Waals surface area contributed by atoms with Crippen LogP contribution in [0.4, 0.5) is 0 Å². The molecule has 0 aromatic heterocycles. The van der Waals surface area contributed by atoms with E-state index in [0.717, 1.165) is 22.3 Å². The average Bonchev–Trinajstić information content (AvgIpc) is 2.88. The lowest BCUT2D eigenvalue weighted by atomic mass is 9.96. The predicted octanol–water partition coefficient (Wildman–Crippen LogP) is 7.99. The number of carbonyl (C=O) groups excluding carboxylic acids is 2. The number of benzene rings is 4. The molecule has 0 bridgehead atoms. The molecule has 0 spiro atoms. The van der Waals surface area contributed by atoms with Gasteiger partial charge in [-0.25, -0.2) is 0 Å². The van der Waals surface area contributed by atoms with Crippen LogP contribution in [0.15, 0.2) is 109 Å². The maximum atomic E-state index is 13.5. The Morgan fingerprint density at radius 3 is 1.50 bits per heavy atom. The highest BCUT2D eigenvalue weighted by Gasteiger charge is 2.45. The van der Waals surface area contributed by atoms with E-state index in [1.807, 2.05) is 97.1 Å². The van der Waals surface area contributed by atoms with E-state index in [9.17, 15) is 9.59 Å². The van der Waals surface area contributed by atoms with Gasteiger partial charge in [-0.05, 0) is 27.8 Å². The van der Waals surface area contributed by atoms with E-state index in [1.165, 1.54) is 6.92 Å². The van der Waals surface area contributed by atoms with Crippen molar-refractivity contribution in [2.45, 2.75) is 16.3 Å². The summed E-state index contributed by atoms with van der Waals surface area (Å²) >= 11 is 7.07. The first-order valence-corrected chi connectivity index (χ1v) is 12.4. The molecule has 4 aromatic rings. The van der Waals surface area contributed by atoms with Crippen molar-refractivity contribution in [2.75, 3.05) is 0 Å². The molecule has 0 amide bonds. The standard InChI is InChI=1S/C29H22Br2O3/c1-20(32)34-28(26-18-14-24(15-19-26)22-10-6-3-7-11-22)29(30,31)27(33)25-16-12-23(13-17-25)21-8-4-2-5-9-21/h2-19,28H,1H3/t28-/m0/s1. The van der Waals surface area contributed by atoms with E-state index < -0.39 is 15.3 Å². The summed E-state index contributed by atoms with van der Waals surface area (Å²) in [4.78, 5) is 25.5. The van der Waals surface area contributed by atoms with Crippen LogP contribution in [0.2, 0.25) is 0 Å². The molecular weight excluding hydrogens is 556 g/mol. The minimum Gasteiger partial charge on any atom is -0.455 e. The van der Waals surface area contributed by atoms with Crippen LogP contribution >= 0.6 is 31.9 Å². The zero-order valence-electron chi connectivity index (χ0n) is 18.5. The normalized spacial score (nSPS) is 12.1. The van der Waals surface area contributed by atoms with Gasteiger partial charge in [0.15, 0.2) is 15.1 Å². The average molecular weight is 578 g/mol. The highest BCUT2D eigenvalue weighted by Crippen LogP contribution is 2.45. The SMILES string of the molecule is CC(=O)O[C@@H](c1ccc(-c2ccccc2)cc1)C(Br)(Br)C(=O)c1ccc(-c2ccccc2)cc1. The number of hydrogen-bond donors (Lipinski definition) is 0. The summed E-state index contributed by atoms with van der Waals surface area (Å²) in [6.07, 6.45) is -0.879. The summed E-state index contributed by atoms with van der Waals surface area (Å²) in [5.41, 5.74) is 5.38. The zero-order chi connectivity index (χ0) is 24.1. The highest BCUT2D eigenvalue weighted by molar-refractivity contribution is 9.26. The second kappa shape index (κ2) is 10.5. The van der Waals surface area contributed by atoms with Gasteiger partial charge in [-0.3, -0.25) is 9.59 Å². The minimum atomic E-state index is -1.34. The quantitative estimate of drug-likeness (QED) is 0.127. The van der Waals surface area contributed by atoms with E-state index in [4.69, 9.17) is 4.74 Å². The molecule has 0 saturated carbocycles. The molecule has 1 atom stereocenters. The van der Waals surface area contributed by atoms with Crippen molar-refractivity contribution in [1.29, 1.82) is 0 Å². The second-order valence-electron chi connectivity index (χ2n) is 7.87. The topological polar surface area (TPSA) is 43.4 Å². The molecule has 0 aliphatic carbocycles. The van der Waals surface area contributed by atoms with E-state index in [0.29, 0.717) is 11.1 Å². The zero-order valence-corrected chi connectivity index (χ0v) is 21.6. The molecule has 34 heavy (non-hydrogen) atoms. The Morgan fingerprint density at radius 2 is 1.06 bits per heavy atom. The Bertz CT molecular complexity index is 1270. The molecule has 0 unspecified atom stereocenters. The van der Waals surface area contributed by atoms with Gasteiger partial charge >= 0.3 is 5.97 Å². The lowest BCUT2D eigenvalue weighted by Crippen LogP contribution is -2.35. The maximum Gasteiger partial charge on any atom is 0.303 e. The molecule has 0 heterocycles. The van der Waals surface area contributed by atoms with Crippen molar-refractivity contribution < 1.29 is 14.3 Å². The molecular formula is C29H22Br2O3. The Balaban J connectivity index is 1.62. The number of hydrogen-bond acceptors (Lipinski definition) is 3. The van der Waals surface area contributed by atoms with Crippen LogP contribution in [0.5, 0.6) is 0 Å². The van der Waals surface area contributed by atoms with Gasteiger partial charge in [-0.2, -0.15) is 0 Å². The summed E-state index contributed by atoms with van der Waals surface area (Å²) < 4.78 is 4.29. The van der Waals surface area contributed by atoms with Gasteiger partial charge in [0, 0.05) is 12.5 Å². The largest absolute Gasteiger partial charge is 0.455 e. The van der Waals surface area contributed by atoms with Crippen molar-refractivity contribution in [3.05, 3.63) is 120 Å². The number of halogens is 2. The summed E-state index contributed by atoms with van der Waals surface area (Å²) in [6, 6.07) is 35.0. The van der Waals surface area contributed by atoms with Crippen molar-refractivity contribution in [3.8, 4) is 22.3 Å². The van der Waals surface area contributed by atoms with Crippen LogP contribution < -0.4 is 0 Å². The van der Waals surface area contributed by atoms with E-state index in [1.54, 1.807) is 12.1 Å². The molecule has 170 valence electrons. The van der Waals surface area contributed by atoms with Gasteiger partial charge in [0.25, 0.3) is 0 Å². The number of esters is 1. The first kappa shape index (κ1) is 24.1. The summed E-state index contributed by atoms with van der Waals surface area (Å²) in [5, 5.41) is 0. The summed E-state index contributed by atoms with van der Waals surface area (Å²) in [5.74, 6) is -0.724. The van der Waals surface area contributed by atoms with E-state index >= 15 is 0 Å². The van der Waals surface area contributed by atoms with Gasteiger partial charge in [-0.1, -0.05) is 141 Å². The Morgan fingerprint density at radius 1 is 0.647 bits per heavy atom. The fraction of sp³-hybridized carbons (Fsp3) is 0.103. The van der Waals surface area contributed by atoms with Gasteiger partial charge in [0.2, 0.25) is 0 Å². The fourth-order valence-electron chi connectivity index (χ4n) is 3.75. The number of ketones is 1. The van der Waals surface area contributed by atoms with Crippen LogP contribution in [0.1, 0.15) is 28.9 Å². The lowest BCUT2D eigenvalue weighted by Gasteiger charge is -2.29. The number of rotatable bonds is 7. The first-order valence-electron chi connectivity index (χ1n) is 10.8. The van der Waals surface area contributed by atoms with Gasteiger partial charge < -0.3 is 4.74 Å². The van der Waals surface area contributed by atoms with Gasteiger partial charge in [0.05, 0.1) is 0 Å². The molecule has 0 aliphatic heterocycles. The van der Waals surface area contributed by atoms with Crippen molar-refractivity contribution in [1.82, 2.24) is 0 Å². The second-order valence-corrected chi connectivity index (χ2v) is 11.4. The molecule has 0 saturated heterocycles. The number of carbonyl (C=O) groups is 2. The Kier molecular flexibility index (Phi) is 7.44. The van der Waals surface area contributed by atoms with E-state index in [2.05, 4.69) is 31.9 Å². The van der Waals surface area contributed by atoms with E-state index in [-0.39, 0.29) is 5.78 Å². The molecule has 5 heteroatoms. The summed E-state index contributed by atoms with van der Waals surface area (Å²) in [7, 11) is 0. The lowest BCUT2D eigenvalue weighted by molar-refractivity contribution is -0.146. The molecule has 4 rings (SSSR count). The van der Waals surface area contributed by atoms with Crippen LogP contribution in [0, 0.1) is 0 Å². The van der Waals surface area contributed by atoms with Gasteiger partial charge in [-0.15, -0.1) is 0 Å². The summed E-state index contributed by atoms with van der Waals surface area (Å²) in [6.45, 7) is 1.33. The van der Waals surface area contributed by atoms with Crippen LogP contribution in [0.25, 0.3) is 22.3 Å². The smallest absolute Gasteiger partial charge is 0.303 e. The van der Waals surface area contributed by atoms with Crippen LogP contribution in [-0.4, -0.2) is 15.0 Å². The van der Waals surface area contributed by atoms with Gasteiger partial charge in [0.1, 0.15) is 0 Å². The fourth-order valence-corrected chi connectivity index (χ4v) is 4.93. The monoisotopic (exact) mass is 576 g/mol. The molecule has 3 nitrogen and oxygen atoms in total. The molecule has 0 radical (unpaired) electrons. The van der Waals surface area contributed by atoms with Crippen molar-refractivity contribution in [2.24, 2.45) is 0 Å². The Labute approximate surface area is 216 Å². The first-order chi connectivity index (χ1) is 16.4.